The molecular formula is C9H10N2O2S. The Labute approximate surface area is 84.9 Å². The van der Waals surface area contributed by atoms with Crippen LogP contribution in [0.4, 0.5) is 0 Å². The van der Waals surface area contributed by atoms with Crippen LogP contribution in [0.25, 0.3) is 0 Å². The summed E-state index contributed by atoms with van der Waals surface area (Å²) in [5, 5.41) is 0. The second-order valence-electron chi connectivity index (χ2n) is 3.29. The number of hydrogen-bond acceptors (Lipinski definition) is 3. The van der Waals surface area contributed by atoms with Gasteiger partial charge in [-0.3, -0.25) is 9.59 Å². The Morgan fingerprint density at radius 1 is 1.14 bits per heavy atom. The molecule has 0 radical (unpaired) electrons. The Morgan fingerprint density at radius 3 is 2.43 bits per heavy atom. The Hall–Kier alpha value is -1.36. The number of carbonyl (C=O) groups is 2. The third-order valence-electron chi connectivity index (χ3n) is 2.39. The molecule has 1 aliphatic carbocycles. The first kappa shape index (κ1) is 9.21. The molecule has 0 aromatic carbocycles. The lowest BCUT2D eigenvalue weighted by Crippen LogP contribution is -2.19. The summed E-state index contributed by atoms with van der Waals surface area (Å²) < 4.78 is 0. The maximum Gasteiger partial charge on any atom is 0.259 e. The van der Waals surface area contributed by atoms with Crippen LogP contribution < -0.4 is 11.5 Å². The van der Waals surface area contributed by atoms with Crippen LogP contribution in [0.2, 0.25) is 0 Å². The van der Waals surface area contributed by atoms with Crippen LogP contribution in [0.5, 0.6) is 0 Å². The minimum absolute atomic E-state index is 0.321. The largest absolute Gasteiger partial charge is 0.366 e. The molecule has 5 heteroatoms. The van der Waals surface area contributed by atoms with Crippen molar-refractivity contribution in [3.05, 3.63) is 20.9 Å². The fraction of sp³-hybridized carbons (Fsp3) is 0.333. The molecule has 0 fully saturated rings. The highest BCUT2D eigenvalue weighted by Crippen LogP contribution is 2.34. The second-order valence-corrected chi connectivity index (χ2v) is 4.40. The van der Waals surface area contributed by atoms with E-state index in [1.54, 1.807) is 0 Å². The van der Waals surface area contributed by atoms with Gasteiger partial charge in [-0.15, -0.1) is 11.3 Å². The lowest BCUT2D eigenvalue weighted by Gasteiger charge is -1.97. The number of hydrogen-bond donors (Lipinski definition) is 2. The third-order valence-corrected chi connectivity index (χ3v) is 3.70. The molecule has 0 aliphatic heterocycles. The monoisotopic (exact) mass is 210 g/mol. The van der Waals surface area contributed by atoms with Gasteiger partial charge < -0.3 is 11.5 Å². The van der Waals surface area contributed by atoms with E-state index in [1.807, 2.05) is 0 Å². The average molecular weight is 210 g/mol. The van der Waals surface area contributed by atoms with E-state index in [2.05, 4.69) is 0 Å². The Bertz CT molecular complexity index is 423. The number of aryl methyl sites for hydroxylation is 1. The van der Waals surface area contributed by atoms with Crippen molar-refractivity contribution in [2.24, 2.45) is 11.5 Å². The van der Waals surface area contributed by atoms with Crippen molar-refractivity contribution in [2.45, 2.75) is 19.3 Å². The number of thiophene rings is 1. The summed E-state index contributed by atoms with van der Waals surface area (Å²) >= 11 is 1.31. The predicted molar refractivity (Wildman–Crippen MR) is 53.4 cm³/mol. The average Bonchev–Trinajstić information content (AvgIpc) is 2.58. The van der Waals surface area contributed by atoms with Gasteiger partial charge in [-0.2, -0.15) is 0 Å². The summed E-state index contributed by atoms with van der Waals surface area (Å²) in [5.41, 5.74) is 11.7. The molecule has 0 saturated heterocycles. The van der Waals surface area contributed by atoms with E-state index in [0.29, 0.717) is 10.4 Å². The molecule has 2 amide bonds. The molecule has 14 heavy (non-hydrogen) atoms. The number of carbonyl (C=O) groups excluding carboxylic acids is 2. The number of rotatable bonds is 2. The van der Waals surface area contributed by atoms with Crippen molar-refractivity contribution >= 4 is 23.2 Å². The van der Waals surface area contributed by atoms with Crippen LogP contribution in [-0.4, -0.2) is 11.8 Å². The standard InChI is InChI=1S/C9H10N2O2S/c10-8(12)6-4-2-1-3-5(4)14-7(6)9(11)13/h1-3H2,(H2,10,12)(H2,11,13). The normalized spacial score (nSPS) is 14.0. The fourth-order valence-electron chi connectivity index (χ4n) is 1.84. The number of nitrogens with two attached hydrogens (primary N) is 2. The Balaban J connectivity index is 2.62. The first-order chi connectivity index (χ1) is 6.61. The first-order valence-corrected chi connectivity index (χ1v) is 5.17. The lowest BCUT2D eigenvalue weighted by molar-refractivity contribution is 0.0970. The molecule has 0 atom stereocenters. The van der Waals surface area contributed by atoms with Crippen LogP contribution >= 0.6 is 11.3 Å². The van der Waals surface area contributed by atoms with Crippen LogP contribution in [0.1, 0.15) is 36.9 Å². The van der Waals surface area contributed by atoms with Gasteiger partial charge in [0.15, 0.2) is 0 Å². The summed E-state index contributed by atoms with van der Waals surface area (Å²) in [4.78, 5) is 23.6. The van der Waals surface area contributed by atoms with E-state index in [4.69, 9.17) is 11.5 Å². The van der Waals surface area contributed by atoms with Gasteiger partial charge in [-0.05, 0) is 24.8 Å². The van der Waals surface area contributed by atoms with Crippen LogP contribution in [-0.2, 0) is 12.8 Å². The van der Waals surface area contributed by atoms with E-state index in [1.165, 1.54) is 11.3 Å². The van der Waals surface area contributed by atoms with Gasteiger partial charge in [0, 0.05) is 4.88 Å². The van der Waals surface area contributed by atoms with E-state index in [9.17, 15) is 9.59 Å². The molecule has 2 rings (SSSR count). The van der Waals surface area contributed by atoms with Gasteiger partial charge in [0.05, 0.1) is 5.56 Å². The highest BCUT2D eigenvalue weighted by Gasteiger charge is 2.27. The van der Waals surface area contributed by atoms with Crippen molar-refractivity contribution in [1.82, 2.24) is 0 Å². The van der Waals surface area contributed by atoms with E-state index in [0.717, 1.165) is 29.7 Å². The van der Waals surface area contributed by atoms with E-state index in [-0.39, 0.29) is 0 Å². The topological polar surface area (TPSA) is 86.2 Å². The maximum atomic E-state index is 11.2. The van der Waals surface area contributed by atoms with E-state index < -0.39 is 11.8 Å². The summed E-state index contributed by atoms with van der Waals surface area (Å²) in [5.74, 6) is -1.10. The minimum Gasteiger partial charge on any atom is -0.366 e. The van der Waals surface area contributed by atoms with Gasteiger partial charge >= 0.3 is 0 Å². The molecule has 4 nitrogen and oxygen atoms in total. The maximum absolute atomic E-state index is 11.2. The van der Waals surface area contributed by atoms with Crippen molar-refractivity contribution in [1.29, 1.82) is 0 Å². The SMILES string of the molecule is NC(=O)c1sc2c(c1C(N)=O)CCC2. The van der Waals surface area contributed by atoms with E-state index >= 15 is 0 Å². The zero-order chi connectivity index (χ0) is 10.3. The molecule has 4 N–H and O–H groups in total. The quantitative estimate of drug-likeness (QED) is 0.741. The minimum atomic E-state index is -0.557. The molecule has 74 valence electrons. The second kappa shape index (κ2) is 3.09. The number of primary amides is 2. The molecule has 1 aliphatic rings. The molecule has 1 heterocycles. The zero-order valence-corrected chi connectivity index (χ0v) is 8.32. The summed E-state index contributed by atoms with van der Waals surface area (Å²) in [6.45, 7) is 0. The smallest absolute Gasteiger partial charge is 0.259 e. The predicted octanol–water partition coefficient (Wildman–Crippen LogP) is 0.435. The molecule has 0 unspecified atom stereocenters. The van der Waals surface area contributed by atoms with Crippen molar-refractivity contribution in [3.63, 3.8) is 0 Å². The Kier molecular flexibility index (Phi) is 2.03. The summed E-state index contributed by atoms with van der Waals surface area (Å²) in [6, 6.07) is 0. The van der Waals surface area contributed by atoms with Gasteiger partial charge in [0.25, 0.3) is 11.8 Å². The summed E-state index contributed by atoms with van der Waals surface area (Å²) in [7, 11) is 0. The van der Waals surface area contributed by atoms with Gasteiger partial charge in [-0.1, -0.05) is 0 Å². The van der Waals surface area contributed by atoms with Gasteiger partial charge in [0.1, 0.15) is 4.88 Å². The number of amides is 2. The first-order valence-electron chi connectivity index (χ1n) is 4.35. The third kappa shape index (κ3) is 1.21. The lowest BCUT2D eigenvalue weighted by atomic mass is 10.1. The highest BCUT2D eigenvalue weighted by atomic mass is 32.1. The van der Waals surface area contributed by atoms with Crippen molar-refractivity contribution in [3.8, 4) is 0 Å². The van der Waals surface area contributed by atoms with Crippen LogP contribution in [0.3, 0.4) is 0 Å². The van der Waals surface area contributed by atoms with Crippen molar-refractivity contribution in [2.75, 3.05) is 0 Å². The van der Waals surface area contributed by atoms with Gasteiger partial charge in [-0.25, -0.2) is 0 Å². The van der Waals surface area contributed by atoms with Crippen LogP contribution in [0.15, 0.2) is 0 Å². The molecular weight excluding hydrogens is 200 g/mol. The molecule has 0 spiro atoms. The molecule has 0 saturated carbocycles. The van der Waals surface area contributed by atoms with Crippen molar-refractivity contribution < 1.29 is 9.59 Å². The number of fused-ring (bicyclic) bond motifs is 1. The fourth-order valence-corrected chi connectivity index (χ4v) is 3.09. The van der Waals surface area contributed by atoms with Gasteiger partial charge in [0.2, 0.25) is 0 Å². The Morgan fingerprint density at radius 2 is 1.86 bits per heavy atom. The zero-order valence-electron chi connectivity index (χ0n) is 7.50. The molecule has 0 bridgehead atoms. The molecule has 1 aromatic rings. The van der Waals surface area contributed by atoms with Crippen LogP contribution in [0, 0.1) is 0 Å². The summed E-state index contributed by atoms with van der Waals surface area (Å²) in [6.07, 6.45) is 2.78. The highest BCUT2D eigenvalue weighted by molar-refractivity contribution is 7.14. The molecule has 1 aromatic heterocycles.